The van der Waals surface area contributed by atoms with Crippen molar-refractivity contribution in [2.45, 2.75) is 64.0 Å². The van der Waals surface area contributed by atoms with E-state index in [2.05, 4.69) is 0 Å². The number of anilines is 2. The molecule has 0 unspecified atom stereocenters. The number of hydrogen-bond acceptors (Lipinski definition) is 3. The van der Waals surface area contributed by atoms with Gasteiger partial charge in [-0.15, -0.1) is 0 Å². The Morgan fingerprint density at radius 2 is 1.42 bits per heavy atom. The van der Waals surface area contributed by atoms with Crippen molar-refractivity contribution in [2.75, 3.05) is 31.6 Å². The highest BCUT2D eigenvalue weighted by atomic mass is 16.4. The molecule has 1 aliphatic heterocycles. The molecule has 204 valence electrons. The minimum absolute atomic E-state index is 0.0308. The second kappa shape index (κ2) is 12.8. The number of carbonyl (C=O) groups excluding carboxylic acids is 2. The lowest BCUT2D eigenvalue weighted by atomic mass is 9.89. The first-order valence-electron chi connectivity index (χ1n) is 13.9. The highest BCUT2D eigenvalue weighted by Crippen LogP contribution is 2.30. The number of amides is 4. The van der Waals surface area contributed by atoms with Crippen LogP contribution < -0.4 is 4.90 Å². The number of carbonyl (C=O) groups is 3. The fourth-order valence-corrected chi connectivity index (χ4v) is 5.83. The molecular formula is C30H40N4O4. The summed E-state index contributed by atoms with van der Waals surface area (Å²) in [5.74, 6) is -0.618. The second-order valence-corrected chi connectivity index (χ2v) is 10.6. The van der Waals surface area contributed by atoms with Crippen LogP contribution in [0.5, 0.6) is 0 Å². The molecule has 0 radical (unpaired) electrons. The van der Waals surface area contributed by atoms with Crippen molar-refractivity contribution in [3.05, 3.63) is 60.7 Å². The molecule has 1 saturated carbocycles. The Morgan fingerprint density at radius 1 is 0.842 bits per heavy atom. The molecule has 1 N–H and O–H groups in total. The van der Waals surface area contributed by atoms with Gasteiger partial charge in [0.2, 0.25) is 0 Å². The number of nitrogens with zero attached hydrogens (tertiary/aromatic N) is 4. The minimum Gasteiger partial charge on any atom is -0.480 e. The number of benzene rings is 2. The number of urea groups is 2. The minimum atomic E-state index is -1.14. The first kappa shape index (κ1) is 27.5. The lowest BCUT2D eigenvalue weighted by Gasteiger charge is -2.47. The average molecular weight is 521 g/mol. The Labute approximate surface area is 225 Å². The van der Waals surface area contributed by atoms with Gasteiger partial charge in [0.1, 0.15) is 6.04 Å². The van der Waals surface area contributed by atoms with Crippen molar-refractivity contribution >= 4 is 29.4 Å². The number of hydrogen-bond donors (Lipinski definition) is 1. The molecule has 0 spiro atoms. The van der Waals surface area contributed by atoms with Crippen LogP contribution in [0.25, 0.3) is 0 Å². The molecule has 2 fully saturated rings. The summed E-state index contributed by atoms with van der Waals surface area (Å²) in [6, 6.07) is 16.6. The molecule has 38 heavy (non-hydrogen) atoms. The van der Waals surface area contributed by atoms with Gasteiger partial charge in [0, 0.05) is 20.1 Å². The summed E-state index contributed by atoms with van der Waals surface area (Å²) >= 11 is 0. The van der Waals surface area contributed by atoms with E-state index in [1.807, 2.05) is 74.6 Å². The molecule has 2 aromatic carbocycles. The zero-order valence-corrected chi connectivity index (χ0v) is 22.5. The highest BCUT2D eigenvalue weighted by Gasteiger charge is 2.44. The first-order valence-corrected chi connectivity index (χ1v) is 13.9. The third-order valence-electron chi connectivity index (χ3n) is 7.80. The number of piperazine rings is 1. The van der Waals surface area contributed by atoms with Gasteiger partial charge in [0.05, 0.1) is 24.0 Å². The van der Waals surface area contributed by atoms with Crippen molar-refractivity contribution in [2.24, 2.45) is 5.92 Å². The van der Waals surface area contributed by atoms with Crippen molar-refractivity contribution in [3.63, 3.8) is 0 Å². The molecule has 0 aromatic heterocycles. The maximum Gasteiger partial charge on any atom is 0.329 e. The predicted octanol–water partition coefficient (Wildman–Crippen LogP) is 5.82. The molecule has 4 amide bonds. The van der Waals surface area contributed by atoms with Crippen LogP contribution in [-0.4, -0.2) is 76.6 Å². The Kier molecular flexibility index (Phi) is 9.26. The number of carboxylic acid groups (broad SMARTS) is 1. The van der Waals surface area contributed by atoms with Crippen molar-refractivity contribution in [1.29, 1.82) is 0 Å². The highest BCUT2D eigenvalue weighted by molar-refractivity contribution is 6.01. The van der Waals surface area contributed by atoms with E-state index in [0.717, 1.165) is 19.3 Å². The molecule has 2 aliphatic rings. The van der Waals surface area contributed by atoms with Crippen LogP contribution in [0.15, 0.2) is 60.7 Å². The number of rotatable bonds is 7. The summed E-state index contributed by atoms with van der Waals surface area (Å²) in [5, 5.41) is 10.2. The molecule has 4 rings (SSSR count). The van der Waals surface area contributed by atoms with E-state index in [1.54, 1.807) is 14.7 Å². The standard InChI is InChI=1S/C30H40N4O4/c1-3-13-26-21-33(30(38)34(24-16-9-5-10-17-24)25-18-11-6-12-19-25)27(28(35)36)22-32(26)29(37)31(2)20-23-14-7-4-8-15-23/h5-6,9-12,16-19,23,26-27H,3-4,7-8,13-15,20-22H2,1-2H3,(H,35,36)/t26-,27-/m0/s1. The van der Waals surface area contributed by atoms with E-state index in [4.69, 9.17) is 0 Å². The third-order valence-corrected chi connectivity index (χ3v) is 7.80. The molecule has 8 nitrogen and oxygen atoms in total. The Bertz CT molecular complexity index is 1030. The predicted molar refractivity (Wildman–Crippen MR) is 149 cm³/mol. The molecule has 8 heteroatoms. The maximum atomic E-state index is 14.1. The summed E-state index contributed by atoms with van der Waals surface area (Å²) < 4.78 is 0. The van der Waals surface area contributed by atoms with Crippen LogP contribution in [0.2, 0.25) is 0 Å². The normalized spacial score (nSPS) is 20.2. The van der Waals surface area contributed by atoms with E-state index in [-0.39, 0.29) is 25.2 Å². The summed E-state index contributed by atoms with van der Waals surface area (Å²) in [6.45, 7) is 2.87. The van der Waals surface area contributed by atoms with Gasteiger partial charge in [-0.2, -0.15) is 0 Å². The Morgan fingerprint density at radius 3 is 1.95 bits per heavy atom. The molecule has 2 atom stereocenters. The van der Waals surface area contributed by atoms with Crippen molar-refractivity contribution in [3.8, 4) is 0 Å². The van der Waals surface area contributed by atoms with Gasteiger partial charge in [-0.1, -0.05) is 69.0 Å². The van der Waals surface area contributed by atoms with Crippen LogP contribution in [0, 0.1) is 5.92 Å². The quantitative estimate of drug-likeness (QED) is 0.499. The van der Waals surface area contributed by atoms with Gasteiger partial charge in [0.25, 0.3) is 0 Å². The van der Waals surface area contributed by atoms with Gasteiger partial charge in [-0.3, -0.25) is 4.90 Å². The number of aliphatic carboxylic acids is 1. The maximum absolute atomic E-state index is 14.1. The Balaban J connectivity index is 1.60. The van der Waals surface area contributed by atoms with Gasteiger partial charge in [-0.05, 0) is 49.4 Å². The van der Waals surface area contributed by atoms with E-state index in [0.29, 0.717) is 30.3 Å². The van der Waals surface area contributed by atoms with Gasteiger partial charge < -0.3 is 19.8 Å². The molecule has 1 heterocycles. The zero-order valence-electron chi connectivity index (χ0n) is 22.5. The Hall–Kier alpha value is -3.55. The molecular weight excluding hydrogens is 480 g/mol. The average Bonchev–Trinajstić information content (AvgIpc) is 2.94. The molecule has 2 aromatic rings. The van der Waals surface area contributed by atoms with E-state index in [1.165, 1.54) is 24.2 Å². The molecule has 1 aliphatic carbocycles. The van der Waals surface area contributed by atoms with Crippen molar-refractivity contribution in [1.82, 2.24) is 14.7 Å². The van der Waals surface area contributed by atoms with Crippen LogP contribution >= 0.6 is 0 Å². The number of carboxylic acids is 1. The van der Waals surface area contributed by atoms with E-state index < -0.39 is 18.0 Å². The summed E-state index contributed by atoms with van der Waals surface area (Å²) in [6.07, 6.45) is 7.43. The zero-order chi connectivity index (χ0) is 27.1. The van der Waals surface area contributed by atoms with Gasteiger partial charge in [-0.25, -0.2) is 14.4 Å². The lowest BCUT2D eigenvalue weighted by Crippen LogP contribution is -2.66. The largest absolute Gasteiger partial charge is 0.480 e. The summed E-state index contributed by atoms with van der Waals surface area (Å²) in [7, 11) is 1.82. The first-order chi connectivity index (χ1) is 18.4. The van der Waals surface area contributed by atoms with Crippen LogP contribution in [0.4, 0.5) is 21.0 Å². The third kappa shape index (κ3) is 6.29. The molecule has 0 bridgehead atoms. The lowest BCUT2D eigenvalue weighted by molar-refractivity contribution is -0.144. The summed E-state index contributed by atoms with van der Waals surface area (Å²) in [4.78, 5) is 46.7. The fraction of sp³-hybridized carbons (Fsp3) is 0.500. The van der Waals surface area contributed by atoms with Gasteiger partial charge >= 0.3 is 18.0 Å². The SMILES string of the molecule is CCC[C@H]1CN(C(=O)N(c2ccccc2)c2ccccc2)[C@H](C(=O)O)CN1C(=O)N(C)CC1CCCCC1. The van der Waals surface area contributed by atoms with Crippen LogP contribution in [0.3, 0.4) is 0 Å². The van der Waals surface area contributed by atoms with Gasteiger partial charge in [0.15, 0.2) is 0 Å². The smallest absolute Gasteiger partial charge is 0.329 e. The number of para-hydroxylation sites is 2. The monoisotopic (exact) mass is 520 g/mol. The van der Waals surface area contributed by atoms with Crippen LogP contribution in [0.1, 0.15) is 51.9 Å². The summed E-state index contributed by atoms with van der Waals surface area (Å²) in [5.41, 5.74) is 1.32. The van der Waals surface area contributed by atoms with Crippen LogP contribution in [-0.2, 0) is 4.79 Å². The van der Waals surface area contributed by atoms with E-state index >= 15 is 0 Å². The van der Waals surface area contributed by atoms with E-state index in [9.17, 15) is 19.5 Å². The molecule has 1 saturated heterocycles. The second-order valence-electron chi connectivity index (χ2n) is 10.6. The fourth-order valence-electron chi connectivity index (χ4n) is 5.83. The van der Waals surface area contributed by atoms with Crippen molar-refractivity contribution < 1.29 is 19.5 Å². The topological polar surface area (TPSA) is 84.4 Å².